The first-order chi connectivity index (χ1) is 8.01. The molecule has 1 unspecified atom stereocenters. The summed E-state index contributed by atoms with van der Waals surface area (Å²) in [7, 11) is 1.52. The standard InChI is InChI=1S/C11H18N4O2/c1-7(12)4-5-9(16)14-11-13-8(2)6-10(15-11)17-3/h6-7H,4-5,12H2,1-3H3,(H,13,14,15,16). The van der Waals surface area contributed by atoms with Crippen molar-refractivity contribution in [3.8, 4) is 5.88 Å². The van der Waals surface area contributed by atoms with E-state index < -0.39 is 0 Å². The second-order valence-electron chi connectivity index (χ2n) is 3.94. The molecule has 0 aliphatic rings. The summed E-state index contributed by atoms with van der Waals surface area (Å²) in [5, 5.41) is 2.62. The van der Waals surface area contributed by atoms with Crippen LogP contribution in [0.25, 0.3) is 0 Å². The Balaban J connectivity index is 2.61. The fraction of sp³-hybridized carbons (Fsp3) is 0.545. The van der Waals surface area contributed by atoms with Crippen LogP contribution in [0.1, 0.15) is 25.5 Å². The Morgan fingerprint density at radius 1 is 1.59 bits per heavy atom. The highest BCUT2D eigenvalue weighted by Gasteiger charge is 2.07. The fourth-order valence-electron chi connectivity index (χ4n) is 1.25. The first-order valence-corrected chi connectivity index (χ1v) is 5.46. The lowest BCUT2D eigenvalue weighted by atomic mass is 10.2. The summed E-state index contributed by atoms with van der Waals surface area (Å²) >= 11 is 0. The highest BCUT2D eigenvalue weighted by atomic mass is 16.5. The molecule has 1 amide bonds. The number of ether oxygens (including phenoxy) is 1. The minimum atomic E-state index is -0.144. The number of amides is 1. The van der Waals surface area contributed by atoms with Gasteiger partial charge in [-0.15, -0.1) is 0 Å². The third kappa shape index (κ3) is 4.78. The van der Waals surface area contributed by atoms with Gasteiger partial charge in [0.05, 0.1) is 7.11 Å². The minimum Gasteiger partial charge on any atom is -0.481 e. The van der Waals surface area contributed by atoms with E-state index in [0.29, 0.717) is 18.7 Å². The maximum atomic E-state index is 11.5. The quantitative estimate of drug-likeness (QED) is 0.794. The Kier molecular flexibility index (Phi) is 4.84. The first kappa shape index (κ1) is 13.4. The van der Waals surface area contributed by atoms with Gasteiger partial charge in [-0.1, -0.05) is 0 Å². The monoisotopic (exact) mass is 238 g/mol. The maximum absolute atomic E-state index is 11.5. The molecule has 0 saturated heterocycles. The van der Waals surface area contributed by atoms with Crippen LogP contribution in [0.15, 0.2) is 6.07 Å². The molecule has 0 aliphatic carbocycles. The van der Waals surface area contributed by atoms with E-state index in [1.54, 1.807) is 6.07 Å². The maximum Gasteiger partial charge on any atom is 0.232 e. The van der Waals surface area contributed by atoms with E-state index in [1.807, 2.05) is 13.8 Å². The van der Waals surface area contributed by atoms with Crippen molar-refractivity contribution in [2.24, 2.45) is 5.73 Å². The number of rotatable bonds is 5. The number of methoxy groups -OCH3 is 1. The van der Waals surface area contributed by atoms with Gasteiger partial charge >= 0.3 is 0 Å². The number of carbonyl (C=O) groups excluding carboxylic acids is 1. The van der Waals surface area contributed by atoms with Gasteiger partial charge in [-0.2, -0.15) is 4.98 Å². The molecule has 0 aromatic carbocycles. The van der Waals surface area contributed by atoms with Gasteiger partial charge in [0, 0.05) is 24.2 Å². The normalized spacial score (nSPS) is 12.0. The Bertz CT molecular complexity index is 393. The van der Waals surface area contributed by atoms with Crippen LogP contribution in [-0.2, 0) is 4.79 Å². The second-order valence-corrected chi connectivity index (χ2v) is 3.94. The molecule has 3 N–H and O–H groups in total. The van der Waals surface area contributed by atoms with Crippen molar-refractivity contribution in [3.63, 3.8) is 0 Å². The summed E-state index contributed by atoms with van der Waals surface area (Å²) in [5.74, 6) is 0.548. The van der Waals surface area contributed by atoms with Gasteiger partial charge in [-0.25, -0.2) is 4.98 Å². The van der Waals surface area contributed by atoms with Crippen LogP contribution in [0, 0.1) is 6.92 Å². The molecule has 0 radical (unpaired) electrons. The minimum absolute atomic E-state index is 0.00807. The molecule has 1 aromatic rings. The van der Waals surface area contributed by atoms with Crippen molar-refractivity contribution < 1.29 is 9.53 Å². The average Bonchev–Trinajstić information content (AvgIpc) is 2.25. The molecule has 0 spiro atoms. The van der Waals surface area contributed by atoms with E-state index in [-0.39, 0.29) is 17.9 Å². The number of hydrogen-bond donors (Lipinski definition) is 2. The molecule has 1 atom stereocenters. The van der Waals surface area contributed by atoms with Gasteiger partial charge in [0.2, 0.25) is 17.7 Å². The van der Waals surface area contributed by atoms with E-state index >= 15 is 0 Å². The lowest BCUT2D eigenvalue weighted by Gasteiger charge is -2.07. The predicted octanol–water partition coefficient (Wildman–Crippen LogP) is 0.860. The van der Waals surface area contributed by atoms with Crippen molar-refractivity contribution >= 4 is 11.9 Å². The van der Waals surface area contributed by atoms with Crippen LogP contribution in [0.2, 0.25) is 0 Å². The van der Waals surface area contributed by atoms with Crippen LogP contribution < -0.4 is 15.8 Å². The smallest absolute Gasteiger partial charge is 0.232 e. The number of aromatic nitrogens is 2. The van der Waals surface area contributed by atoms with Gasteiger partial charge in [-0.05, 0) is 20.3 Å². The Hall–Kier alpha value is -1.69. The van der Waals surface area contributed by atoms with Gasteiger partial charge in [0.25, 0.3) is 0 Å². The SMILES string of the molecule is COc1cc(C)nc(NC(=O)CCC(C)N)n1. The lowest BCUT2D eigenvalue weighted by Crippen LogP contribution is -2.20. The Morgan fingerprint density at radius 3 is 2.88 bits per heavy atom. The summed E-state index contributed by atoms with van der Waals surface area (Å²) < 4.78 is 4.99. The number of nitrogens with zero attached hydrogens (tertiary/aromatic N) is 2. The largest absolute Gasteiger partial charge is 0.481 e. The molecule has 0 fully saturated rings. The first-order valence-electron chi connectivity index (χ1n) is 5.46. The molecule has 0 bridgehead atoms. The fourth-order valence-corrected chi connectivity index (χ4v) is 1.25. The lowest BCUT2D eigenvalue weighted by molar-refractivity contribution is -0.116. The number of aryl methyl sites for hydroxylation is 1. The van der Waals surface area contributed by atoms with E-state index in [0.717, 1.165) is 5.69 Å². The van der Waals surface area contributed by atoms with E-state index in [9.17, 15) is 4.79 Å². The molecular weight excluding hydrogens is 220 g/mol. The molecule has 94 valence electrons. The molecule has 6 nitrogen and oxygen atoms in total. The molecule has 0 aliphatic heterocycles. The molecule has 1 rings (SSSR count). The third-order valence-corrected chi connectivity index (χ3v) is 2.12. The van der Waals surface area contributed by atoms with Crippen molar-refractivity contribution in [1.29, 1.82) is 0 Å². The summed E-state index contributed by atoms with van der Waals surface area (Å²) in [5.41, 5.74) is 6.31. The summed E-state index contributed by atoms with van der Waals surface area (Å²) in [6.45, 7) is 3.67. The van der Waals surface area contributed by atoms with E-state index in [4.69, 9.17) is 10.5 Å². The summed E-state index contributed by atoms with van der Waals surface area (Å²) in [6, 6.07) is 1.70. The number of hydrogen-bond acceptors (Lipinski definition) is 5. The Morgan fingerprint density at radius 2 is 2.29 bits per heavy atom. The van der Waals surface area contributed by atoms with Crippen LogP contribution in [-0.4, -0.2) is 29.0 Å². The predicted molar refractivity (Wildman–Crippen MR) is 64.8 cm³/mol. The average molecular weight is 238 g/mol. The van der Waals surface area contributed by atoms with Crippen molar-refractivity contribution in [3.05, 3.63) is 11.8 Å². The molecule has 1 aromatic heterocycles. The molecular formula is C11H18N4O2. The zero-order chi connectivity index (χ0) is 12.8. The molecule has 17 heavy (non-hydrogen) atoms. The topological polar surface area (TPSA) is 90.1 Å². The molecule has 6 heteroatoms. The molecule has 1 heterocycles. The van der Waals surface area contributed by atoms with Gasteiger partial charge in [0.15, 0.2) is 0 Å². The van der Waals surface area contributed by atoms with Crippen LogP contribution in [0.3, 0.4) is 0 Å². The number of nitrogens with one attached hydrogen (secondary N) is 1. The highest BCUT2D eigenvalue weighted by Crippen LogP contribution is 2.11. The van der Waals surface area contributed by atoms with E-state index in [2.05, 4.69) is 15.3 Å². The van der Waals surface area contributed by atoms with Crippen LogP contribution in [0.5, 0.6) is 5.88 Å². The summed E-state index contributed by atoms with van der Waals surface area (Å²) in [6.07, 6.45) is 0.992. The number of carbonyl (C=O) groups is 1. The van der Waals surface area contributed by atoms with Crippen molar-refractivity contribution in [2.45, 2.75) is 32.7 Å². The third-order valence-electron chi connectivity index (χ3n) is 2.12. The number of anilines is 1. The zero-order valence-electron chi connectivity index (χ0n) is 10.4. The molecule has 0 saturated carbocycles. The van der Waals surface area contributed by atoms with Gasteiger partial charge in [0.1, 0.15) is 0 Å². The summed E-state index contributed by atoms with van der Waals surface area (Å²) in [4.78, 5) is 19.7. The number of nitrogens with two attached hydrogens (primary N) is 1. The van der Waals surface area contributed by atoms with Crippen LogP contribution in [0.4, 0.5) is 5.95 Å². The van der Waals surface area contributed by atoms with Crippen molar-refractivity contribution in [1.82, 2.24) is 9.97 Å². The van der Waals surface area contributed by atoms with Gasteiger partial charge < -0.3 is 10.5 Å². The highest BCUT2D eigenvalue weighted by molar-refractivity contribution is 5.88. The Labute approximate surface area is 101 Å². The zero-order valence-corrected chi connectivity index (χ0v) is 10.4. The van der Waals surface area contributed by atoms with Gasteiger partial charge in [-0.3, -0.25) is 10.1 Å². The van der Waals surface area contributed by atoms with E-state index in [1.165, 1.54) is 7.11 Å². The van der Waals surface area contributed by atoms with Crippen LogP contribution >= 0.6 is 0 Å². The second kappa shape index (κ2) is 6.15. The van der Waals surface area contributed by atoms with Crippen molar-refractivity contribution in [2.75, 3.05) is 12.4 Å².